The quantitative estimate of drug-likeness (QED) is 0.923. The van der Waals surface area contributed by atoms with Crippen LogP contribution in [0, 0.1) is 5.82 Å². The molecule has 3 nitrogen and oxygen atoms in total. The zero-order valence-electron chi connectivity index (χ0n) is 13.1. The van der Waals surface area contributed by atoms with E-state index in [9.17, 15) is 9.18 Å². The maximum absolute atomic E-state index is 13.2. The third kappa shape index (κ3) is 4.39. The first kappa shape index (κ1) is 15.7. The average Bonchev–Trinajstić information content (AvgIpc) is 2.56. The minimum atomic E-state index is -0.406. The summed E-state index contributed by atoms with van der Waals surface area (Å²) in [6.07, 6.45) is 3.84. The van der Waals surface area contributed by atoms with Crippen molar-refractivity contribution >= 4 is 11.6 Å². The highest BCUT2D eigenvalue weighted by Crippen LogP contribution is 2.17. The van der Waals surface area contributed by atoms with Gasteiger partial charge in [0.05, 0.1) is 0 Å². The summed E-state index contributed by atoms with van der Waals surface area (Å²) in [5, 5.41) is 2.84. The maximum atomic E-state index is 13.2. The van der Waals surface area contributed by atoms with Crippen LogP contribution in [0.5, 0.6) is 0 Å². The Kier molecular flexibility index (Phi) is 5.03. The number of likely N-dealkylation sites (tertiary alicyclic amines) is 1. The molecule has 4 heteroatoms. The van der Waals surface area contributed by atoms with E-state index in [-0.39, 0.29) is 5.91 Å². The second kappa shape index (κ2) is 7.38. The number of amides is 1. The van der Waals surface area contributed by atoms with Crippen molar-refractivity contribution in [2.75, 3.05) is 18.4 Å². The highest BCUT2D eigenvalue weighted by atomic mass is 19.1. The zero-order valence-corrected chi connectivity index (χ0v) is 13.1. The first-order chi connectivity index (χ1) is 11.2. The molecule has 0 radical (unpaired) electrons. The molecule has 0 spiro atoms. The van der Waals surface area contributed by atoms with Crippen LogP contribution in [0.15, 0.2) is 48.5 Å². The second-order valence-electron chi connectivity index (χ2n) is 6.00. The lowest BCUT2D eigenvalue weighted by Crippen LogP contribution is -2.29. The fourth-order valence-electron chi connectivity index (χ4n) is 2.96. The molecule has 2 aromatic carbocycles. The van der Waals surface area contributed by atoms with E-state index in [1.54, 1.807) is 6.07 Å². The normalized spacial score (nSPS) is 15.3. The summed E-state index contributed by atoms with van der Waals surface area (Å²) in [5.41, 5.74) is 2.25. The number of nitrogens with zero attached hydrogens (tertiary/aromatic N) is 1. The molecular formula is C19H21FN2O. The van der Waals surface area contributed by atoms with Crippen molar-refractivity contribution in [3.05, 3.63) is 65.5 Å². The number of carbonyl (C=O) groups is 1. The van der Waals surface area contributed by atoms with E-state index < -0.39 is 5.82 Å². The minimum absolute atomic E-state index is 0.292. The van der Waals surface area contributed by atoms with Crippen LogP contribution in [-0.4, -0.2) is 23.9 Å². The molecule has 0 saturated carbocycles. The summed E-state index contributed by atoms with van der Waals surface area (Å²) >= 11 is 0. The average molecular weight is 312 g/mol. The largest absolute Gasteiger partial charge is 0.322 e. The van der Waals surface area contributed by atoms with E-state index in [0.29, 0.717) is 5.56 Å². The van der Waals surface area contributed by atoms with Gasteiger partial charge in [0.25, 0.3) is 5.91 Å². The highest BCUT2D eigenvalue weighted by molar-refractivity contribution is 6.04. The third-order valence-electron chi connectivity index (χ3n) is 4.13. The molecular weight excluding hydrogens is 291 g/mol. The Morgan fingerprint density at radius 1 is 1.04 bits per heavy atom. The van der Waals surface area contributed by atoms with E-state index in [2.05, 4.69) is 16.3 Å². The smallest absolute Gasteiger partial charge is 0.255 e. The van der Waals surface area contributed by atoms with Crippen LogP contribution in [0.4, 0.5) is 10.1 Å². The third-order valence-corrected chi connectivity index (χ3v) is 4.13. The van der Waals surface area contributed by atoms with Crippen molar-refractivity contribution in [2.24, 2.45) is 0 Å². The van der Waals surface area contributed by atoms with Crippen molar-refractivity contribution in [1.82, 2.24) is 4.90 Å². The SMILES string of the molecule is O=C(Nc1cccc(CN2CCCCC2)c1)c1cccc(F)c1. The van der Waals surface area contributed by atoms with Crippen LogP contribution in [-0.2, 0) is 6.54 Å². The molecule has 120 valence electrons. The van der Waals surface area contributed by atoms with Crippen molar-refractivity contribution in [3.63, 3.8) is 0 Å². The predicted octanol–water partition coefficient (Wildman–Crippen LogP) is 4.06. The Balaban J connectivity index is 1.66. The number of piperidine rings is 1. The van der Waals surface area contributed by atoms with Crippen molar-refractivity contribution in [2.45, 2.75) is 25.8 Å². The van der Waals surface area contributed by atoms with Gasteiger partial charge in [0.15, 0.2) is 0 Å². The van der Waals surface area contributed by atoms with Crippen molar-refractivity contribution < 1.29 is 9.18 Å². The number of nitrogens with one attached hydrogen (secondary N) is 1. The number of hydrogen-bond acceptors (Lipinski definition) is 2. The molecule has 1 N–H and O–H groups in total. The highest BCUT2D eigenvalue weighted by Gasteiger charge is 2.11. The molecule has 1 fully saturated rings. The van der Waals surface area contributed by atoms with E-state index in [0.717, 1.165) is 25.3 Å². The van der Waals surface area contributed by atoms with E-state index >= 15 is 0 Å². The molecule has 0 aliphatic carbocycles. The minimum Gasteiger partial charge on any atom is -0.322 e. The van der Waals surface area contributed by atoms with E-state index in [1.807, 2.05) is 18.2 Å². The Morgan fingerprint density at radius 2 is 1.83 bits per heavy atom. The fraction of sp³-hybridized carbons (Fsp3) is 0.316. The lowest BCUT2D eigenvalue weighted by atomic mass is 10.1. The Morgan fingerprint density at radius 3 is 2.61 bits per heavy atom. The number of carbonyl (C=O) groups excluding carboxylic acids is 1. The van der Waals surface area contributed by atoms with Crippen LogP contribution in [0.2, 0.25) is 0 Å². The van der Waals surface area contributed by atoms with Gasteiger partial charge in [-0.25, -0.2) is 4.39 Å². The van der Waals surface area contributed by atoms with Crippen LogP contribution in [0.1, 0.15) is 35.2 Å². The summed E-state index contributed by atoms with van der Waals surface area (Å²) in [6, 6.07) is 13.6. The summed E-state index contributed by atoms with van der Waals surface area (Å²) in [6.45, 7) is 3.18. The molecule has 23 heavy (non-hydrogen) atoms. The first-order valence-corrected chi connectivity index (χ1v) is 8.09. The lowest BCUT2D eigenvalue weighted by Gasteiger charge is -2.26. The topological polar surface area (TPSA) is 32.3 Å². The van der Waals surface area contributed by atoms with Crippen molar-refractivity contribution in [1.29, 1.82) is 0 Å². The van der Waals surface area contributed by atoms with Crippen LogP contribution < -0.4 is 5.32 Å². The number of rotatable bonds is 4. The summed E-state index contributed by atoms with van der Waals surface area (Å²) in [7, 11) is 0. The monoisotopic (exact) mass is 312 g/mol. The molecule has 1 heterocycles. The number of benzene rings is 2. The molecule has 1 aliphatic heterocycles. The molecule has 1 aliphatic rings. The first-order valence-electron chi connectivity index (χ1n) is 8.09. The van der Waals surface area contributed by atoms with Gasteiger partial charge in [-0.05, 0) is 61.8 Å². The fourth-order valence-corrected chi connectivity index (χ4v) is 2.96. The van der Waals surface area contributed by atoms with Crippen LogP contribution in [0.25, 0.3) is 0 Å². The zero-order chi connectivity index (χ0) is 16.1. The van der Waals surface area contributed by atoms with Gasteiger partial charge >= 0.3 is 0 Å². The van der Waals surface area contributed by atoms with Gasteiger partial charge in [-0.1, -0.05) is 24.6 Å². The Labute approximate surface area is 136 Å². The molecule has 0 unspecified atom stereocenters. The molecule has 1 saturated heterocycles. The standard InChI is InChI=1S/C19H21FN2O/c20-17-8-5-7-16(13-17)19(23)21-18-9-4-6-15(12-18)14-22-10-2-1-3-11-22/h4-9,12-13H,1-3,10-11,14H2,(H,21,23). The van der Waals surface area contributed by atoms with Gasteiger partial charge in [0.1, 0.15) is 5.82 Å². The number of hydrogen-bond donors (Lipinski definition) is 1. The van der Waals surface area contributed by atoms with E-state index in [1.165, 1.54) is 43.0 Å². The number of halogens is 1. The molecule has 0 aromatic heterocycles. The summed E-state index contributed by atoms with van der Waals surface area (Å²) in [4.78, 5) is 14.6. The second-order valence-corrected chi connectivity index (χ2v) is 6.00. The number of anilines is 1. The van der Waals surface area contributed by atoms with Gasteiger partial charge in [-0.15, -0.1) is 0 Å². The molecule has 1 amide bonds. The van der Waals surface area contributed by atoms with Crippen molar-refractivity contribution in [3.8, 4) is 0 Å². The molecule has 2 aromatic rings. The molecule has 0 atom stereocenters. The van der Waals surface area contributed by atoms with Crippen LogP contribution >= 0.6 is 0 Å². The predicted molar refractivity (Wildman–Crippen MR) is 89.9 cm³/mol. The molecule has 0 bridgehead atoms. The maximum Gasteiger partial charge on any atom is 0.255 e. The van der Waals surface area contributed by atoms with Gasteiger partial charge in [-0.3, -0.25) is 9.69 Å². The van der Waals surface area contributed by atoms with Gasteiger partial charge < -0.3 is 5.32 Å². The van der Waals surface area contributed by atoms with Gasteiger partial charge in [0.2, 0.25) is 0 Å². The Bertz CT molecular complexity index is 681. The lowest BCUT2D eigenvalue weighted by molar-refractivity contribution is 0.102. The summed E-state index contributed by atoms with van der Waals surface area (Å²) < 4.78 is 13.2. The summed E-state index contributed by atoms with van der Waals surface area (Å²) in [5.74, 6) is -0.698. The van der Waals surface area contributed by atoms with Crippen LogP contribution in [0.3, 0.4) is 0 Å². The molecule has 3 rings (SSSR count). The van der Waals surface area contributed by atoms with E-state index in [4.69, 9.17) is 0 Å². The van der Waals surface area contributed by atoms with Gasteiger partial charge in [-0.2, -0.15) is 0 Å². The Hall–Kier alpha value is -2.20. The van der Waals surface area contributed by atoms with Gasteiger partial charge in [0, 0.05) is 17.8 Å².